The van der Waals surface area contributed by atoms with Crippen molar-refractivity contribution in [2.75, 3.05) is 7.11 Å². The first kappa shape index (κ1) is 15.3. The van der Waals surface area contributed by atoms with Crippen molar-refractivity contribution in [3.8, 4) is 11.5 Å². The van der Waals surface area contributed by atoms with Gasteiger partial charge in [0, 0.05) is 0 Å². The van der Waals surface area contributed by atoms with Crippen molar-refractivity contribution in [2.45, 2.75) is 20.5 Å². The fraction of sp³-hybridized carbons (Fsp3) is 0.235. The smallest absolute Gasteiger partial charge is 0.129 e. The molecule has 2 aromatic rings. The van der Waals surface area contributed by atoms with Gasteiger partial charge in [-0.2, -0.15) is 0 Å². The summed E-state index contributed by atoms with van der Waals surface area (Å²) in [6.07, 6.45) is 0. The number of hydrogen-bond donors (Lipinski definition) is 1. The quantitative estimate of drug-likeness (QED) is 0.858. The van der Waals surface area contributed by atoms with Crippen molar-refractivity contribution in [1.82, 2.24) is 0 Å². The number of nitrogens with two attached hydrogens (primary N) is 1. The third-order valence-corrected chi connectivity index (χ3v) is 3.54. The van der Waals surface area contributed by atoms with E-state index in [-0.39, 0.29) is 0 Å². The predicted octanol–water partition coefficient (Wildman–Crippen LogP) is 3.53. The van der Waals surface area contributed by atoms with Crippen molar-refractivity contribution < 1.29 is 9.47 Å². The third kappa shape index (κ3) is 3.52. The summed E-state index contributed by atoms with van der Waals surface area (Å²) in [5, 5.41) is 0. The number of para-hydroxylation sites is 1. The number of methoxy groups -OCH3 is 1. The first-order valence-electron chi connectivity index (χ1n) is 6.68. The van der Waals surface area contributed by atoms with Crippen LogP contribution in [-0.4, -0.2) is 12.1 Å². The van der Waals surface area contributed by atoms with Crippen LogP contribution in [0.3, 0.4) is 0 Å². The molecule has 0 aliphatic rings. The first-order valence-corrected chi connectivity index (χ1v) is 7.09. The van der Waals surface area contributed by atoms with Crippen LogP contribution < -0.4 is 15.2 Å². The van der Waals surface area contributed by atoms with E-state index in [4.69, 9.17) is 27.4 Å². The summed E-state index contributed by atoms with van der Waals surface area (Å²) in [4.78, 5) is 0.320. The van der Waals surface area contributed by atoms with Crippen molar-refractivity contribution in [2.24, 2.45) is 5.73 Å². The van der Waals surface area contributed by atoms with E-state index in [0.717, 1.165) is 28.0 Å². The molecule has 2 rings (SSSR count). The van der Waals surface area contributed by atoms with Crippen molar-refractivity contribution >= 4 is 17.2 Å². The van der Waals surface area contributed by atoms with E-state index in [9.17, 15) is 0 Å². The molecule has 0 spiro atoms. The molecule has 0 aliphatic carbocycles. The van der Waals surface area contributed by atoms with Crippen molar-refractivity contribution in [3.63, 3.8) is 0 Å². The highest BCUT2D eigenvalue weighted by atomic mass is 32.1. The number of rotatable bonds is 5. The topological polar surface area (TPSA) is 44.5 Å². The Morgan fingerprint density at radius 1 is 1.14 bits per heavy atom. The largest absolute Gasteiger partial charge is 0.496 e. The summed E-state index contributed by atoms with van der Waals surface area (Å²) in [6.45, 7) is 4.54. The monoisotopic (exact) mass is 301 g/mol. The van der Waals surface area contributed by atoms with Crippen LogP contribution in [-0.2, 0) is 6.61 Å². The molecule has 2 N–H and O–H groups in total. The maximum absolute atomic E-state index is 5.94. The van der Waals surface area contributed by atoms with Gasteiger partial charge in [0.2, 0.25) is 0 Å². The van der Waals surface area contributed by atoms with Gasteiger partial charge in [-0.15, -0.1) is 0 Å². The predicted molar refractivity (Wildman–Crippen MR) is 89.1 cm³/mol. The number of aryl methyl sites for hydroxylation is 2. The van der Waals surface area contributed by atoms with Crippen molar-refractivity contribution in [1.29, 1.82) is 0 Å². The maximum Gasteiger partial charge on any atom is 0.129 e. The fourth-order valence-electron chi connectivity index (χ4n) is 2.22. The maximum atomic E-state index is 5.94. The molecule has 110 valence electrons. The van der Waals surface area contributed by atoms with Crippen molar-refractivity contribution in [3.05, 3.63) is 58.7 Å². The minimum Gasteiger partial charge on any atom is -0.496 e. The normalized spacial score (nSPS) is 10.2. The molecule has 0 aromatic heterocycles. The molecule has 0 saturated carbocycles. The molecule has 0 heterocycles. The van der Waals surface area contributed by atoms with E-state index in [0.29, 0.717) is 17.3 Å². The standard InChI is InChI=1S/C17H19NO2S/c1-11-5-4-6-12(2)16(11)20-10-13-7-8-15(19-3)14(9-13)17(18)21/h4-9H,10H2,1-3H3,(H2,18,21). The Balaban J connectivity index is 2.21. The van der Waals surface area contributed by atoms with Crippen LogP contribution in [0.25, 0.3) is 0 Å². The van der Waals surface area contributed by atoms with Gasteiger partial charge in [-0.1, -0.05) is 36.5 Å². The zero-order valence-electron chi connectivity index (χ0n) is 12.5. The Kier molecular flexibility index (Phi) is 4.81. The fourth-order valence-corrected chi connectivity index (χ4v) is 2.38. The molecule has 0 bridgehead atoms. The highest BCUT2D eigenvalue weighted by molar-refractivity contribution is 7.80. The van der Waals surface area contributed by atoms with Crippen LogP contribution in [0.15, 0.2) is 36.4 Å². The molecule has 21 heavy (non-hydrogen) atoms. The van der Waals surface area contributed by atoms with Gasteiger partial charge in [-0.05, 0) is 42.7 Å². The van der Waals surface area contributed by atoms with E-state index in [2.05, 4.69) is 0 Å². The van der Waals surface area contributed by atoms with Gasteiger partial charge in [0.1, 0.15) is 23.1 Å². The van der Waals surface area contributed by atoms with Gasteiger partial charge in [-0.3, -0.25) is 0 Å². The third-order valence-electron chi connectivity index (χ3n) is 3.32. The number of thiocarbonyl (C=S) groups is 1. The first-order chi connectivity index (χ1) is 10.0. The summed E-state index contributed by atoms with van der Waals surface area (Å²) >= 11 is 5.05. The summed E-state index contributed by atoms with van der Waals surface area (Å²) in [5.41, 5.74) is 9.70. The molecule has 0 atom stereocenters. The Hall–Kier alpha value is -2.07. The highest BCUT2D eigenvalue weighted by Crippen LogP contribution is 2.25. The second kappa shape index (κ2) is 6.59. The van der Waals surface area contributed by atoms with Crippen LogP contribution in [0, 0.1) is 13.8 Å². The number of benzene rings is 2. The molecule has 0 saturated heterocycles. The number of hydrogen-bond acceptors (Lipinski definition) is 3. The summed E-state index contributed by atoms with van der Waals surface area (Å²) < 4.78 is 11.2. The zero-order chi connectivity index (χ0) is 15.4. The Bertz CT molecular complexity index is 648. The SMILES string of the molecule is COc1ccc(COc2c(C)cccc2C)cc1C(N)=S. The summed E-state index contributed by atoms with van der Waals surface area (Å²) in [7, 11) is 1.60. The van der Waals surface area contributed by atoms with E-state index in [1.807, 2.05) is 50.2 Å². The van der Waals surface area contributed by atoms with Gasteiger partial charge in [0.05, 0.1) is 12.7 Å². The summed E-state index contributed by atoms with van der Waals surface area (Å²) in [5.74, 6) is 1.60. The van der Waals surface area contributed by atoms with Gasteiger partial charge < -0.3 is 15.2 Å². The Morgan fingerprint density at radius 3 is 2.38 bits per heavy atom. The zero-order valence-corrected chi connectivity index (χ0v) is 13.3. The molecule has 0 fully saturated rings. The van der Waals surface area contributed by atoms with Crippen LogP contribution >= 0.6 is 12.2 Å². The lowest BCUT2D eigenvalue weighted by atomic mass is 10.1. The molecular formula is C17H19NO2S. The second-order valence-electron chi connectivity index (χ2n) is 4.91. The van der Waals surface area contributed by atoms with Crippen LogP contribution in [0.4, 0.5) is 0 Å². The minimum atomic E-state index is 0.320. The lowest BCUT2D eigenvalue weighted by Gasteiger charge is -2.13. The second-order valence-corrected chi connectivity index (χ2v) is 5.35. The van der Waals surface area contributed by atoms with E-state index in [1.165, 1.54) is 0 Å². The average Bonchev–Trinajstić information content (AvgIpc) is 2.46. The van der Waals surface area contributed by atoms with E-state index >= 15 is 0 Å². The van der Waals surface area contributed by atoms with Crippen LogP contribution in [0.2, 0.25) is 0 Å². The highest BCUT2D eigenvalue weighted by Gasteiger charge is 2.09. The molecule has 0 radical (unpaired) electrons. The van der Waals surface area contributed by atoms with Gasteiger partial charge >= 0.3 is 0 Å². The molecular weight excluding hydrogens is 282 g/mol. The van der Waals surface area contributed by atoms with Crippen LogP contribution in [0.1, 0.15) is 22.3 Å². The van der Waals surface area contributed by atoms with Crippen LogP contribution in [0.5, 0.6) is 11.5 Å². The molecule has 3 nitrogen and oxygen atoms in total. The molecule has 0 aliphatic heterocycles. The van der Waals surface area contributed by atoms with Gasteiger partial charge in [0.25, 0.3) is 0 Å². The molecule has 0 unspecified atom stereocenters. The number of ether oxygens (including phenoxy) is 2. The Morgan fingerprint density at radius 2 is 1.81 bits per heavy atom. The van der Waals surface area contributed by atoms with E-state index < -0.39 is 0 Å². The molecule has 4 heteroatoms. The van der Waals surface area contributed by atoms with Gasteiger partial charge in [-0.25, -0.2) is 0 Å². The average molecular weight is 301 g/mol. The summed E-state index contributed by atoms with van der Waals surface area (Å²) in [6, 6.07) is 11.8. The molecule has 0 amide bonds. The van der Waals surface area contributed by atoms with E-state index in [1.54, 1.807) is 7.11 Å². The molecule has 2 aromatic carbocycles. The Labute approximate surface area is 130 Å². The lowest BCUT2D eigenvalue weighted by Crippen LogP contribution is -2.12. The van der Waals surface area contributed by atoms with Gasteiger partial charge in [0.15, 0.2) is 0 Å². The lowest BCUT2D eigenvalue weighted by molar-refractivity contribution is 0.301. The minimum absolute atomic E-state index is 0.320.